The fraction of sp³-hybridized carbons (Fsp3) is 0.263. The van der Waals surface area contributed by atoms with Crippen LogP contribution in [0.1, 0.15) is 96.4 Å². The molecule has 0 N–H and O–H groups in total. The quantitative estimate of drug-likeness (QED) is 0.0920. The fourth-order valence-corrected chi connectivity index (χ4v) is 18.4. The van der Waals surface area contributed by atoms with Gasteiger partial charge in [-0.25, -0.2) is 0 Å². The summed E-state index contributed by atoms with van der Waals surface area (Å²) in [7, 11) is 0. The number of rotatable bonds is 2. The maximum absolute atomic E-state index is 15.1. The third-order valence-corrected chi connectivity index (χ3v) is 19.9. The summed E-state index contributed by atoms with van der Waals surface area (Å²) in [6.07, 6.45) is -7.75. The summed E-state index contributed by atoms with van der Waals surface area (Å²) < 4.78 is 181. The second-order valence-electron chi connectivity index (χ2n) is 21.9. The van der Waals surface area contributed by atoms with Gasteiger partial charge in [-0.05, 0) is 185 Å². The minimum absolute atomic E-state index is 0.00181. The van der Waals surface area contributed by atoms with Gasteiger partial charge in [0.05, 0.1) is 22.3 Å². The van der Waals surface area contributed by atoms with Crippen LogP contribution in [-0.4, -0.2) is 0 Å². The van der Waals surface area contributed by atoms with E-state index in [1.54, 1.807) is 0 Å². The lowest BCUT2D eigenvalue weighted by molar-refractivity contribution is -0.144. The van der Waals surface area contributed by atoms with Gasteiger partial charge < -0.3 is 0 Å². The molecule has 336 valence electrons. The maximum atomic E-state index is 15.1. The third kappa shape index (κ3) is 3.36. The molecule has 8 aromatic carbocycles. The number of hydrogen-bond donors (Lipinski definition) is 0. The van der Waals surface area contributed by atoms with Crippen molar-refractivity contribution in [1.82, 2.24) is 0 Å². The highest BCUT2D eigenvalue weighted by Gasteiger charge is 2.73. The van der Waals surface area contributed by atoms with Crippen LogP contribution in [0.4, 0.5) is 52.7 Å². The van der Waals surface area contributed by atoms with E-state index in [0.29, 0.717) is 40.8 Å². The summed E-state index contributed by atoms with van der Waals surface area (Å²) in [5, 5.41) is 12.2. The van der Waals surface area contributed by atoms with Gasteiger partial charge in [-0.3, -0.25) is 0 Å². The molecule has 10 unspecified atom stereocenters. The summed E-state index contributed by atoms with van der Waals surface area (Å²) >= 11 is 0. The van der Waals surface area contributed by atoms with Crippen LogP contribution in [0, 0.1) is 29.6 Å². The van der Waals surface area contributed by atoms with E-state index in [2.05, 4.69) is 36.4 Å². The van der Waals surface area contributed by atoms with Crippen molar-refractivity contribution in [3.05, 3.63) is 167 Å². The molecular weight excluding hydrogens is 913 g/mol. The average molecular weight is 937 g/mol. The summed E-state index contributed by atoms with van der Waals surface area (Å²) in [6, 6.07) is 6.15. The Kier molecular flexibility index (Phi) is 5.25. The first-order valence-electron chi connectivity index (χ1n) is 23.4. The van der Waals surface area contributed by atoms with Gasteiger partial charge in [-0.15, -0.1) is 0 Å². The van der Waals surface area contributed by atoms with E-state index in [1.165, 1.54) is 43.7 Å². The highest BCUT2D eigenvalue weighted by Crippen LogP contribution is 2.82. The van der Waals surface area contributed by atoms with Crippen LogP contribution in [0.15, 0.2) is 90.1 Å². The Morgan fingerprint density at radius 2 is 1.03 bits per heavy atom. The van der Waals surface area contributed by atoms with Gasteiger partial charge in [-0.2, -0.15) is 52.7 Å². The van der Waals surface area contributed by atoms with E-state index >= 15 is 52.7 Å². The van der Waals surface area contributed by atoms with Crippen molar-refractivity contribution in [1.29, 1.82) is 0 Å². The predicted octanol–water partition coefficient (Wildman–Crippen LogP) is 14.2. The Morgan fingerprint density at radius 1 is 0.420 bits per heavy atom. The van der Waals surface area contributed by atoms with Crippen molar-refractivity contribution < 1.29 is 52.7 Å². The van der Waals surface area contributed by atoms with E-state index in [0.717, 1.165) is 59.8 Å². The van der Waals surface area contributed by atoms with Crippen LogP contribution in [0.2, 0.25) is 0 Å². The molecule has 0 spiro atoms. The number of alkyl halides is 12. The lowest BCUT2D eigenvalue weighted by atomic mass is 9.64. The molecule has 12 heteroatoms. The summed E-state index contributed by atoms with van der Waals surface area (Å²) in [5.74, 6) is -1.63. The van der Waals surface area contributed by atoms with Gasteiger partial charge in [0, 0.05) is 46.8 Å². The van der Waals surface area contributed by atoms with E-state index in [1.807, 2.05) is 12.1 Å². The Bertz CT molecular complexity index is 4170. The Hall–Kier alpha value is -6.30. The first-order chi connectivity index (χ1) is 32.8. The van der Waals surface area contributed by atoms with Crippen LogP contribution in [0.3, 0.4) is 0 Å². The van der Waals surface area contributed by atoms with Crippen LogP contribution in [0.25, 0.3) is 71.1 Å². The van der Waals surface area contributed by atoms with E-state index in [9.17, 15) is 0 Å². The van der Waals surface area contributed by atoms with E-state index in [4.69, 9.17) is 0 Å². The molecule has 0 aromatic heterocycles. The van der Waals surface area contributed by atoms with Gasteiger partial charge in [0.15, 0.2) is 0 Å². The van der Waals surface area contributed by atoms with Gasteiger partial charge >= 0.3 is 24.7 Å². The number of hydrogen-bond acceptors (Lipinski definition) is 0. The summed E-state index contributed by atoms with van der Waals surface area (Å²) in [4.78, 5) is 0. The number of allylic oxidation sites excluding steroid dienone is 7. The fourth-order valence-electron chi connectivity index (χ4n) is 18.4. The molecule has 0 nitrogen and oxygen atoms in total. The normalized spacial score (nSPS) is 31.0. The Morgan fingerprint density at radius 3 is 1.68 bits per heavy atom. The minimum Gasteiger partial charge on any atom is -0.166 e. The molecule has 2 saturated carbocycles. The van der Waals surface area contributed by atoms with Crippen molar-refractivity contribution in [2.75, 3.05) is 0 Å². The van der Waals surface area contributed by atoms with Crippen LogP contribution < -0.4 is 10.4 Å². The molecule has 8 aromatic rings. The molecule has 0 bridgehead atoms. The Balaban J connectivity index is 1.06. The third-order valence-electron chi connectivity index (χ3n) is 19.9. The zero-order valence-electron chi connectivity index (χ0n) is 34.9. The lowest BCUT2D eigenvalue weighted by Crippen LogP contribution is -2.43. The first-order valence-corrected chi connectivity index (χ1v) is 23.4. The van der Waals surface area contributed by atoms with Crippen LogP contribution >= 0.6 is 0 Å². The van der Waals surface area contributed by atoms with Gasteiger partial charge in [0.2, 0.25) is 0 Å². The standard InChI is InChI=1S/C57H24F12/c58-54(59,60)17-9-15(10-18(13-17)55(61,62)63)53(16-11-19(56(64,65)66)14-20(12-16)57(67,68)69)51-37-27-7-5-25-23-3-1-21-22-2-4-24-26-6-8-28-36-34(26)41-32(24)30(22)39-29(21)31(23)40-33(25)35(27)42-44(37)45(38(28)52(51)53)43(36)50-48(41)46(39)47(40)49(42)50/h1-14,21,23-25,29,31-33,51-52H. The zero-order valence-corrected chi connectivity index (χ0v) is 34.9. The molecule has 0 amide bonds. The summed E-state index contributed by atoms with van der Waals surface area (Å²) in [5.41, 5.74) is 0.629. The lowest BCUT2D eigenvalue weighted by Gasteiger charge is -2.39. The molecule has 10 atom stereocenters. The molecule has 69 heavy (non-hydrogen) atoms. The highest BCUT2D eigenvalue weighted by molar-refractivity contribution is 6.46. The van der Waals surface area contributed by atoms with Crippen molar-refractivity contribution in [3.8, 4) is 0 Å². The second kappa shape index (κ2) is 9.88. The topological polar surface area (TPSA) is 0 Å². The van der Waals surface area contributed by atoms with Crippen molar-refractivity contribution in [2.24, 2.45) is 29.6 Å². The smallest absolute Gasteiger partial charge is 0.166 e. The number of benzene rings is 5. The molecule has 11 aliphatic carbocycles. The molecule has 2 fully saturated rings. The average Bonchev–Trinajstić information content (AvgIpc) is 3.88. The van der Waals surface area contributed by atoms with Crippen LogP contribution in [0.5, 0.6) is 0 Å². The second-order valence-corrected chi connectivity index (χ2v) is 21.9. The first kappa shape index (κ1) is 36.7. The maximum Gasteiger partial charge on any atom is 0.416 e. The van der Waals surface area contributed by atoms with Crippen LogP contribution in [-0.2, 0) is 30.1 Å². The van der Waals surface area contributed by atoms with Crippen molar-refractivity contribution in [2.45, 2.75) is 59.7 Å². The monoisotopic (exact) mass is 936 g/mol. The van der Waals surface area contributed by atoms with Gasteiger partial charge in [0.1, 0.15) is 0 Å². The SMILES string of the molecule is FC(F)(F)c1cc(C(F)(F)F)cc(C2(c3cc(C(F)(F)F)cc(C(F)(F)F)c3)C3c4c5c6c7c4c4c(c8ccc9c%10c%11c%12c%13c(c7c%12c4c8%10)=C4C6C(C=C5)C5C=CC6C7=C(C=%13C6C45)C%11C9C=C7)C32)c1. The molecule has 19 rings (SSSR count). The molecule has 0 heterocycles. The Labute approximate surface area is 379 Å². The molecular formula is C57H24F12. The molecule has 0 radical (unpaired) electrons. The number of halogens is 12. The summed E-state index contributed by atoms with van der Waals surface area (Å²) in [6.45, 7) is 0. The highest BCUT2D eigenvalue weighted by atomic mass is 19.4. The van der Waals surface area contributed by atoms with E-state index in [-0.39, 0.29) is 59.5 Å². The minimum atomic E-state index is -5.36. The van der Waals surface area contributed by atoms with Crippen molar-refractivity contribution in [3.63, 3.8) is 0 Å². The zero-order chi connectivity index (χ0) is 46.3. The van der Waals surface area contributed by atoms with E-state index < -0.39 is 75.3 Å². The molecule has 0 aliphatic heterocycles. The predicted molar refractivity (Wildman–Crippen MR) is 233 cm³/mol. The van der Waals surface area contributed by atoms with Crippen molar-refractivity contribution >= 4 is 71.1 Å². The van der Waals surface area contributed by atoms with Gasteiger partial charge in [-0.1, -0.05) is 48.6 Å². The largest absolute Gasteiger partial charge is 0.416 e. The number of fused-ring (bicyclic) bond motifs is 8. The molecule has 0 saturated heterocycles. The van der Waals surface area contributed by atoms with Gasteiger partial charge in [0.25, 0.3) is 0 Å². The molecule has 11 aliphatic rings.